The van der Waals surface area contributed by atoms with Gasteiger partial charge in [0.25, 0.3) is 5.91 Å². The third-order valence-corrected chi connectivity index (χ3v) is 2.32. The summed E-state index contributed by atoms with van der Waals surface area (Å²) in [6.07, 6.45) is 1.53. The molecular formula is C12H11N3O3. The standard InChI is InChI=1S/C12H11N3O3/c16-10-5-1-4-9(11(10)17)12(18)13-7-8-3-2-6-14-15-8/h1-6,16-17H,7H2,(H,13,18). The average Bonchev–Trinajstić information content (AvgIpc) is 2.40. The second-order valence-electron chi connectivity index (χ2n) is 3.57. The molecule has 2 rings (SSSR count). The zero-order valence-corrected chi connectivity index (χ0v) is 9.37. The van der Waals surface area contributed by atoms with Crippen molar-refractivity contribution in [1.82, 2.24) is 15.5 Å². The van der Waals surface area contributed by atoms with Gasteiger partial charge >= 0.3 is 0 Å². The van der Waals surface area contributed by atoms with Crippen LogP contribution in [0.2, 0.25) is 0 Å². The van der Waals surface area contributed by atoms with Crippen LogP contribution in [0, 0.1) is 0 Å². The van der Waals surface area contributed by atoms with Crippen molar-refractivity contribution in [1.29, 1.82) is 0 Å². The number of carbonyl (C=O) groups excluding carboxylic acids is 1. The topological polar surface area (TPSA) is 95.3 Å². The summed E-state index contributed by atoms with van der Waals surface area (Å²) in [7, 11) is 0. The lowest BCUT2D eigenvalue weighted by atomic mass is 10.1. The molecular weight excluding hydrogens is 234 g/mol. The highest BCUT2D eigenvalue weighted by Gasteiger charge is 2.13. The number of aromatic nitrogens is 2. The van der Waals surface area contributed by atoms with E-state index in [0.717, 1.165) is 0 Å². The zero-order chi connectivity index (χ0) is 13.0. The first kappa shape index (κ1) is 11.8. The lowest BCUT2D eigenvalue weighted by Crippen LogP contribution is -2.23. The number of nitrogens with zero attached hydrogens (tertiary/aromatic N) is 2. The second kappa shape index (κ2) is 5.13. The molecule has 1 amide bonds. The van der Waals surface area contributed by atoms with E-state index in [1.165, 1.54) is 24.4 Å². The van der Waals surface area contributed by atoms with Gasteiger partial charge in [0.1, 0.15) is 0 Å². The van der Waals surface area contributed by atoms with Crippen molar-refractivity contribution in [3.63, 3.8) is 0 Å². The summed E-state index contributed by atoms with van der Waals surface area (Å²) in [4.78, 5) is 11.8. The number of phenolic OH excluding ortho intramolecular Hbond substituents is 2. The molecule has 0 bridgehead atoms. The minimum absolute atomic E-state index is 0.0129. The van der Waals surface area contributed by atoms with E-state index in [-0.39, 0.29) is 17.9 Å². The van der Waals surface area contributed by atoms with Gasteiger partial charge in [0.2, 0.25) is 0 Å². The smallest absolute Gasteiger partial charge is 0.255 e. The van der Waals surface area contributed by atoms with Gasteiger partial charge in [-0.2, -0.15) is 10.2 Å². The molecule has 0 aliphatic carbocycles. The SMILES string of the molecule is O=C(NCc1cccnn1)c1cccc(O)c1O. The first-order valence-electron chi connectivity index (χ1n) is 5.24. The summed E-state index contributed by atoms with van der Waals surface area (Å²) in [5, 5.41) is 28.9. The summed E-state index contributed by atoms with van der Waals surface area (Å²) in [6.45, 7) is 0.196. The van der Waals surface area contributed by atoms with E-state index in [9.17, 15) is 15.0 Å². The molecule has 0 atom stereocenters. The molecule has 0 aliphatic heterocycles. The number of amides is 1. The molecule has 6 nitrogen and oxygen atoms in total. The molecule has 0 radical (unpaired) electrons. The molecule has 3 N–H and O–H groups in total. The summed E-state index contributed by atoms with van der Waals surface area (Å²) in [5.74, 6) is -1.26. The molecule has 0 fully saturated rings. The summed E-state index contributed by atoms with van der Waals surface area (Å²) in [6, 6.07) is 7.62. The molecule has 1 aromatic carbocycles. The first-order chi connectivity index (χ1) is 8.68. The van der Waals surface area contributed by atoms with Crippen molar-refractivity contribution in [2.45, 2.75) is 6.54 Å². The molecule has 0 saturated heterocycles. The Bertz CT molecular complexity index is 558. The van der Waals surface area contributed by atoms with Crippen LogP contribution in [0.1, 0.15) is 16.1 Å². The predicted molar refractivity (Wildman–Crippen MR) is 63.0 cm³/mol. The van der Waals surface area contributed by atoms with E-state index in [2.05, 4.69) is 15.5 Å². The fraction of sp³-hybridized carbons (Fsp3) is 0.0833. The Morgan fingerprint density at radius 3 is 2.78 bits per heavy atom. The maximum Gasteiger partial charge on any atom is 0.255 e. The predicted octanol–water partition coefficient (Wildman–Crippen LogP) is 0.818. The summed E-state index contributed by atoms with van der Waals surface area (Å²) >= 11 is 0. The van der Waals surface area contributed by atoms with Crippen LogP contribution >= 0.6 is 0 Å². The molecule has 0 spiro atoms. The van der Waals surface area contributed by atoms with Crippen LogP contribution in [0.5, 0.6) is 11.5 Å². The monoisotopic (exact) mass is 245 g/mol. The Labute approximate surface area is 103 Å². The molecule has 0 aliphatic rings. The van der Waals surface area contributed by atoms with Gasteiger partial charge in [0.15, 0.2) is 11.5 Å². The Kier molecular flexibility index (Phi) is 3.38. The maximum atomic E-state index is 11.8. The van der Waals surface area contributed by atoms with Gasteiger partial charge in [-0.15, -0.1) is 0 Å². The number of phenols is 2. The zero-order valence-electron chi connectivity index (χ0n) is 9.37. The Morgan fingerprint density at radius 1 is 1.22 bits per heavy atom. The van der Waals surface area contributed by atoms with Crippen LogP contribution in [0.3, 0.4) is 0 Å². The van der Waals surface area contributed by atoms with E-state index in [0.29, 0.717) is 5.69 Å². The minimum atomic E-state index is -0.492. The van der Waals surface area contributed by atoms with Gasteiger partial charge in [-0.05, 0) is 24.3 Å². The van der Waals surface area contributed by atoms with Gasteiger partial charge in [0.05, 0.1) is 17.8 Å². The Morgan fingerprint density at radius 2 is 2.06 bits per heavy atom. The quantitative estimate of drug-likeness (QED) is 0.696. The van der Waals surface area contributed by atoms with Crippen molar-refractivity contribution in [2.24, 2.45) is 0 Å². The van der Waals surface area contributed by atoms with Gasteiger partial charge in [-0.1, -0.05) is 6.07 Å². The van der Waals surface area contributed by atoms with E-state index in [1.807, 2.05) is 0 Å². The third-order valence-electron chi connectivity index (χ3n) is 2.32. The van der Waals surface area contributed by atoms with E-state index >= 15 is 0 Å². The van der Waals surface area contributed by atoms with E-state index < -0.39 is 11.7 Å². The summed E-state index contributed by atoms with van der Waals surface area (Å²) in [5.41, 5.74) is 0.615. The van der Waals surface area contributed by atoms with Crippen LogP contribution in [-0.4, -0.2) is 26.3 Å². The van der Waals surface area contributed by atoms with Gasteiger partial charge in [-0.25, -0.2) is 0 Å². The number of para-hydroxylation sites is 1. The lowest BCUT2D eigenvalue weighted by molar-refractivity contribution is 0.0947. The fourth-order valence-corrected chi connectivity index (χ4v) is 1.41. The van der Waals surface area contributed by atoms with Crippen LogP contribution in [0.4, 0.5) is 0 Å². The highest BCUT2D eigenvalue weighted by atomic mass is 16.3. The largest absolute Gasteiger partial charge is 0.504 e. The van der Waals surface area contributed by atoms with Crippen molar-refractivity contribution in [2.75, 3.05) is 0 Å². The molecule has 2 aromatic rings. The molecule has 6 heteroatoms. The minimum Gasteiger partial charge on any atom is -0.504 e. The van der Waals surface area contributed by atoms with Crippen LogP contribution in [0.25, 0.3) is 0 Å². The maximum absolute atomic E-state index is 11.8. The average molecular weight is 245 g/mol. The van der Waals surface area contributed by atoms with Crippen molar-refractivity contribution < 1.29 is 15.0 Å². The third kappa shape index (κ3) is 2.54. The van der Waals surface area contributed by atoms with Crippen molar-refractivity contribution in [3.8, 4) is 11.5 Å². The number of hydrogen-bond acceptors (Lipinski definition) is 5. The van der Waals surface area contributed by atoms with Gasteiger partial charge < -0.3 is 15.5 Å². The molecule has 1 aromatic heterocycles. The molecule has 1 heterocycles. The van der Waals surface area contributed by atoms with Gasteiger partial charge in [-0.3, -0.25) is 4.79 Å². The van der Waals surface area contributed by atoms with E-state index in [4.69, 9.17) is 0 Å². The number of hydrogen-bond donors (Lipinski definition) is 3. The normalized spacial score (nSPS) is 10.0. The molecule has 18 heavy (non-hydrogen) atoms. The number of carbonyl (C=O) groups is 1. The highest BCUT2D eigenvalue weighted by molar-refractivity contribution is 5.97. The van der Waals surface area contributed by atoms with Crippen LogP contribution in [0.15, 0.2) is 36.5 Å². The van der Waals surface area contributed by atoms with Crippen LogP contribution < -0.4 is 5.32 Å². The first-order valence-corrected chi connectivity index (χ1v) is 5.24. The number of benzene rings is 1. The second-order valence-corrected chi connectivity index (χ2v) is 3.57. The van der Waals surface area contributed by atoms with Crippen molar-refractivity contribution in [3.05, 3.63) is 47.8 Å². The van der Waals surface area contributed by atoms with E-state index in [1.54, 1.807) is 12.1 Å². The van der Waals surface area contributed by atoms with Gasteiger partial charge in [0, 0.05) is 6.20 Å². The Hall–Kier alpha value is -2.63. The Balaban J connectivity index is 2.07. The number of nitrogens with one attached hydrogen (secondary N) is 1. The number of rotatable bonds is 3. The van der Waals surface area contributed by atoms with Crippen molar-refractivity contribution >= 4 is 5.91 Å². The molecule has 0 unspecified atom stereocenters. The molecule has 0 saturated carbocycles. The number of aromatic hydroxyl groups is 2. The summed E-state index contributed by atoms with van der Waals surface area (Å²) < 4.78 is 0. The fourth-order valence-electron chi connectivity index (χ4n) is 1.41. The highest BCUT2D eigenvalue weighted by Crippen LogP contribution is 2.27. The molecule has 92 valence electrons. The van der Waals surface area contributed by atoms with Crippen LogP contribution in [-0.2, 0) is 6.54 Å². The lowest BCUT2D eigenvalue weighted by Gasteiger charge is -2.06.